The van der Waals surface area contributed by atoms with Crippen molar-refractivity contribution in [1.29, 1.82) is 0 Å². The molecule has 4 amide bonds. The fourth-order valence-electron chi connectivity index (χ4n) is 8.47. The molecule has 0 bridgehead atoms. The molecule has 7 rings (SSSR count). The number of ether oxygens (including phenoxy) is 2. The SMILES string of the molecule is Cc1ccc(NC2CCN(C(=O)OC(C)(C)C)CC2)cc1C(=O)N[C@H](C)c1cccc(-c2ccc(C=O)s2)c1.Cc1ccc(NC2CCN(C(=O)OC(C)(C)C)CC2)cc1C(=O)N[C@H](C)c1cccc(Br)c1. The molecule has 72 heavy (non-hydrogen) atoms. The van der Waals surface area contributed by atoms with Gasteiger partial charge in [0.15, 0.2) is 6.29 Å². The van der Waals surface area contributed by atoms with Crippen molar-refractivity contribution in [3.8, 4) is 10.4 Å². The van der Waals surface area contributed by atoms with E-state index < -0.39 is 11.2 Å². The van der Waals surface area contributed by atoms with Crippen molar-refractivity contribution in [1.82, 2.24) is 20.4 Å². The summed E-state index contributed by atoms with van der Waals surface area (Å²) in [6.45, 7) is 21.6. The summed E-state index contributed by atoms with van der Waals surface area (Å²) in [4.78, 5) is 67.2. The molecule has 384 valence electrons. The molecule has 15 heteroatoms. The quantitative estimate of drug-likeness (QED) is 0.0893. The van der Waals surface area contributed by atoms with Crippen LogP contribution < -0.4 is 21.3 Å². The summed E-state index contributed by atoms with van der Waals surface area (Å²) in [6.07, 6.45) is 3.61. The molecule has 0 radical (unpaired) electrons. The van der Waals surface area contributed by atoms with Gasteiger partial charge in [0.2, 0.25) is 0 Å². The highest BCUT2D eigenvalue weighted by Gasteiger charge is 2.29. The molecule has 2 aliphatic rings. The van der Waals surface area contributed by atoms with Crippen LogP contribution in [-0.2, 0) is 9.47 Å². The van der Waals surface area contributed by atoms with E-state index in [1.165, 1.54) is 11.3 Å². The summed E-state index contributed by atoms with van der Waals surface area (Å²) in [6, 6.07) is 31.6. The molecular weight excluding hydrogens is 993 g/mol. The van der Waals surface area contributed by atoms with Gasteiger partial charge in [0, 0.05) is 70.1 Å². The molecule has 2 fully saturated rings. The monoisotopic (exact) mass is 1060 g/mol. The predicted octanol–water partition coefficient (Wildman–Crippen LogP) is 12.9. The van der Waals surface area contributed by atoms with Gasteiger partial charge in [0.1, 0.15) is 11.2 Å². The van der Waals surface area contributed by atoms with Gasteiger partial charge in [0.25, 0.3) is 11.8 Å². The van der Waals surface area contributed by atoms with E-state index in [9.17, 15) is 24.0 Å². The number of benzene rings is 4. The van der Waals surface area contributed by atoms with E-state index in [1.807, 2.05) is 160 Å². The lowest BCUT2D eigenvalue weighted by atomic mass is 10.0. The molecule has 4 N–H and O–H groups in total. The van der Waals surface area contributed by atoms with Crippen molar-refractivity contribution in [3.05, 3.63) is 140 Å². The summed E-state index contributed by atoms with van der Waals surface area (Å²) >= 11 is 4.93. The second kappa shape index (κ2) is 24.5. The maximum Gasteiger partial charge on any atom is 0.410 e. The van der Waals surface area contributed by atoms with Crippen molar-refractivity contribution in [3.63, 3.8) is 0 Å². The number of thiophene rings is 1. The Hall–Kier alpha value is -6.19. The van der Waals surface area contributed by atoms with Gasteiger partial charge in [0.05, 0.1) is 17.0 Å². The van der Waals surface area contributed by atoms with Gasteiger partial charge in [-0.25, -0.2) is 9.59 Å². The minimum absolute atomic E-state index is 0.0941. The first-order valence-corrected chi connectivity index (χ1v) is 26.4. The first-order valence-electron chi connectivity index (χ1n) is 24.8. The third-order valence-corrected chi connectivity index (χ3v) is 14.0. The Labute approximate surface area is 437 Å². The Morgan fingerprint density at radius 3 is 1.49 bits per heavy atom. The van der Waals surface area contributed by atoms with Crippen molar-refractivity contribution < 1.29 is 33.4 Å². The largest absolute Gasteiger partial charge is 0.444 e. The summed E-state index contributed by atoms with van der Waals surface area (Å²) < 4.78 is 12.0. The maximum absolute atomic E-state index is 13.3. The first-order chi connectivity index (χ1) is 34.0. The number of carbonyl (C=O) groups is 5. The van der Waals surface area contributed by atoms with Gasteiger partial charge in [-0.2, -0.15) is 0 Å². The van der Waals surface area contributed by atoms with Crippen molar-refractivity contribution in [2.45, 2.75) is 130 Å². The number of nitrogens with one attached hydrogen (secondary N) is 4. The van der Waals surface area contributed by atoms with E-state index in [2.05, 4.69) is 43.3 Å². The van der Waals surface area contributed by atoms with Crippen LogP contribution in [0.15, 0.2) is 102 Å². The number of aryl methyl sites for hydroxylation is 2. The molecule has 2 aliphatic heterocycles. The molecule has 2 saturated heterocycles. The van der Waals surface area contributed by atoms with Crippen LogP contribution in [-0.4, -0.2) is 89.6 Å². The maximum atomic E-state index is 13.3. The Kier molecular flexibility index (Phi) is 18.7. The lowest BCUT2D eigenvalue weighted by Gasteiger charge is -2.34. The van der Waals surface area contributed by atoms with Crippen LogP contribution in [0.4, 0.5) is 21.0 Å². The number of likely N-dealkylation sites (tertiary alicyclic amines) is 2. The van der Waals surface area contributed by atoms with Crippen molar-refractivity contribution in [2.24, 2.45) is 0 Å². The van der Waals surface area contributed by atoms with E-state index in [-0.39, 0.29) is 48.2 Å². The van der Waals surface area contributed by atoms with Crippen LogP contribution in [0.25, 0.3) is 10.4 Å². The number of nitrogens with zero attached hydrogens (tertiary/aromatic N) is 2. The van der Waals surface area contributed by atoms with Crippen molar-refractivity contribution in [2.75, 3.05) is 36.8 Å². The van der Waals surface area contributed by atoms with Gasteiger partial charge in [-0.1, -0.05) is 58.4 Å². The molecule has 1 aromatic heterocycles. The number of halogens is 1. The smallest absolute Gasteiger partial charge is 0.410 e. The molecule has 0 spiro atoms. The number of aldehydes is 1. The molecule has 0 unspecified atom stereocenters. The molecule has 13 nitrogen and oxygen atoms in total. The van der Waals surface area contributed by atoms with E-state index in [0.717, 1.165) is 80.5 Å². The summed E-state index contributed by atoms with van der Waals surface area (Å²) in [7, 11) is 0. The van der Waals surface area contributed by atoms with Crippen LogP contribution in [0.2, 0.25) is 0 Å². The van der Waals surface area contributed by atoms with Crippen LogP contribution in [0.1, 0.15) is 146 Å². The third kappa shape index (κ3) is 16.2. The van der Waals surface area contributed by atoms with Gasteiger partial charge in [-0.05, 0) is 177 Å². The molecule has 4 aromatic carbocycles. The van der Waals surface area contributed by atoms with Crippen LogP contribution in [0, 0.1) is 13.8 Å². The van der Waals surface area contributed by atoms with Gasteiger partial charge >= 0.3 is 12.2 Å². The number of hydrogen-bond acceptors (Lipinski definition) is 10. The zero-order valence-electron chi connectivity index (χ0n) is 43.3. The van der Waals surface area contributed by atoms with Crippen LogP contribution in [0.5, 0.6) is 0 Å². The molecule has 5 aromatic rings. The lowest BCUT2D eigenvalue weighted by molar-refractivity contribution is 0.0199. The van der Waals surface area contributed by atoms with Crippen LogP contribution in [0.3, 0.4) is 0 Å². The predicted molar refractivity (Wildman–Crippen MR) is 292 cm³/mol. The minimum atomic E-state index is -0.503. The Bertz CT molecular complexity index is 2690. The Morgan fingerprint density at radius 2 is 1.07 bits per heavy atom. The van der Waals surface area contributed by atoms with Gasteiger partial charge in [-0.3, -0.25) is 14.4 Å². The number of anilines is 2. The van der Waals surface area contributed by atoms with E-state index >= 15 is 0 Å². The first kappa shape index (κ1) is 55.1. The zero-order chi connectivity index (χ0) is 52.3. The number of piperidine rings is 2. The van der Waals surface area contributed by atoms with Crippen molar-refractivity contribution >= 4 is 68.9 Å². The highest BCUT2D eigenvalue weighted by Crippen LogP contribution is 2.30. The second-order valence-corrected chi connectivity index (χ2v) is 22.8. The number of amides is 4. The summed E-state index contributed by atoms with van der Waals surface area (Å²) in [5.74, 6) is -0.225. The molecular formula is C57H71BrN6O7S. The van der Waals surface area contributed by atoms with E-state index in [4.69, 9.17) is 9.47 Å². The molecule has 0 aliphatic carbocycles. The highest BCUT2D eigenvalue weighted by molar-refractivity contribution is 9.10. The topological polar surface area (TPSA) is 158 Å². The Morgan fingerprint density at radius 1 is 0.625 bits per heavy atom. The van der Waals surface area contributed by atoms with E-state index in [0.29, 0.717) is 42.2 Å². The second-order valence-electron chi connectivity index (χ2n) is 20.7. The third-order valence-electron chi connectivity index (χ3n) is 12.5. The average Bonchev–Trinajstić information content (AvgIpc) is 3.82. The number of rotatable bonds is 12. The molecule has 2 atom stereocenters. The molecule has 0 saturated carbocycles. The fourth-order valence-corrected chi connectivity index (χ4v) is 9.71. The van der Waals surface area contributed by atoms with Gasteiger partial charge < -0.3 is 40.5 Å². The Balaban J connectivity index is 0.000000239. The normalized spacial score (nSPS) is 15.3. The summed E-state index contributed by atoms with van der Waals surface area (Å²) in [5.41, 5.74) is 6.99. The zero-order valence-corrected chi connectivity index (χ0v) is 45.7. The fraction of sp³-hybridized carbons (Fsp3) is 0.421. The number of hydrogen-bond donors (Lipinski definition) is 4. The number of carbonyl (C=O) groups excluding carboxylic acids is 5. The minimum Gasteiger partial charge on any atom is -0.444 e. The van der Waals surface area contributed by atoms with Gasteiger partial charge in [-0.15, -0.1) is 11.3 Å². The lowest BCUT2D eigenvalue weighted by Crippen LogP contribution is -2.44. The van der Waals surface area contributed by atoms with E-state index in [1.54, 1.807) is 9.80 Å². The molecule has 3 heterocycles. The highest BCUT2D eigenvalue weighted by atomic mass is 79.9. The summed E-state index contributed by atoms with van der Waals surface area (Å²) in [5, 5.41) is 13.3. The average molecular weight is 1060 g/mol. The van der Waals surface area contributed by atoms with Crippen LogP contribution >= 0.6 is 27.3 Å². The standard InChI is InChI=1S/C31H37N3O4S.C26H34BrN3O3/c1-20-9-10-25(33-24-13-15-34(16-14-24)30(37)38-31(3,4)5)18-27(20)29(36)32-21(2)22-7-6-8-23(17-22)28-12-11-26(19-35)39-28;1-17-9-10-22(29-21-11-13-30(14-12-21)25(32)33-26(3,4)5)16-23(17)24(31)28-18(2)19-7-6-8-20(27)15-19/h6-12,17-19,21,24,33H,13-16H2,1-5H3,(H,32,36);6-10,15-16,18,21,29H,11-14H2,1-5H3,(H,28,31)/t21-;18-/m11/s1.